The van der Waals surface area contributed by atoms with Gasteiger partial charge in [0, 0.05) is 4.91 Å². The third-order valence-corrected chi connectivity index (χ3v) is 1.96. The molecule has 0 saturated heterocycles. The maximum atomic E-state index is 12.8. The zero-order valence-corrected chi connectivity index (χ0v) is 7.14. The molecule has 0 aliphatic carbocycles. The van der Waals surface area contributed by atoms with Crippen LogP contribution in [0.5, 0.6) is 0 Å². The number of hydrogen-bond donors (Lipinski definition) is 0. The molecular weight excluding hydrogens is 204 g/mol. The Morgan fingerprint density at radius 2 is 2.08 bits per heavy atom. The molecule has 0 radical (unpaired) electrons. The van der Waals surface area contributed by atoms with Gasteiger partial charge >= 0.3 is 0 Å². The molecule has 62 valence electrons. The summed E-state index contributed by atoms with van der Waals surface area (Å²) in [6, 6.07) is 2.37. The Bertz CT molecular complexity index is 360. The van der Waals surface area contributed by atoms with E-state index >= 15 is 0 Å². The topological polar surface area (TPSA) is 48.8 Å². The monoisotopic (exact) mass is 205 g/mol. The molecule has 0 atom stereocenters. The van der Waals surface area contributed by atoms with Crippen molar-refractivity contribution < 1.29 is 4.39 Å². The SMILES string of the molecule is [N-]=[N+]=Nc1c(F)ccc(Cl)c1Cl. The quantitative estimate of drug-likeness (QED) is 0.287. The van der Waals surface area contributed by atoms with Crippen molar-refractivity contribution in [3.05, 3.63) is 38.4 Å². The molecule has 1 rings (SSSR count). The fourth-order valence-corrected chi connectivity index (χ4v) is 0.996. The number of azide groups is 1. The zero-order valence-electron chi connectivity index (χ0n) is 5.63. The normalized spacial score (nSPS) is 9.25. The first kappa shape index (κ1) is 9.13. The lowest BCUT2D eigenvalue weighted by Gasteiger charge is -1.99. The number of halogens is 3. The van der Waals surface area contributed by atoms with Crippen LogP contribution in [0.3, 0.4) is 0 Å². The number of rotatable bonds is 1. The van der Waals surface area contributed by atoms with Crippen molar-refractivity contribution in [1.82, 2.24) is 0 Å². The van der Waals surface area contributed by atoms with E-state index in [2.05, 4.69) is 10.0 Å². The molecule has 0 N–H and O–H groups in total. The number of benzene rings is 1. The summed E-state index contributed by atoms with van der Waals surface area (Å²) in [6.45, 7) is 0. The van der Waals surface area contributed by atoms with E-state index < -0.39 is 5.82 Å². The van der Waals surface area contributed by atoms with E-state index in [1.807, 2.05) is 0 Å². The van der Waals surface area contributed by atoms with Crippen molar-refractivity contribution in [2.24, 2.45) is 5.11 Å². The molecule has 1 aromatic carbocycles. The van der Waals surface area contributed by atoms with E-state index in [0.717, 1.165) is 6.07 Å². The molecule has 6 heteroatoms. The van der Waals surface area contributed by atoms with E-state index in [1.54, 1.807) is 0 Å². The summed E-state index contributed by atoms with van der Waals surface area (Å²) in [5.41, 5.74) is 7.78. The van der Waals surface area contributed by atoms with Crippen LogP contribution in [0.4, 0.5) is 10.1 Å². The minimum atomic E-state index is -0.692. The fourth-order valence-electron chi connectivity index (χ4n) is 0.653. The summed E-state index contributed by atoms with van der Waals surface area (Å²) in [4.78, 5) is 2.41. The molecule has 0 aromatic heterocycles. The van der Waals surface area contributed by atoms with Crippen LogP contribution in [0.1, 0.15) is 0 Å². The van der Waals surface area contributed by atoms with E-state index in [9.17, 15) is 4.39 Å². The summed E-state index contributed by atoms with van der Waals surface area (Å²) in [6.07, 6.45) is 0. The van der Waals surface area contributed by atoms with Crippen LogP contribution in [-0.2, 0) is 0 Å². The highest BCUT2D eigenvalue weighted by Crippen LogP contribution is 2.34. The average molecular weight is 206 g/mol. The van der Waals surface area contributed by atoms with Gasteiger partial charge in [-0.1, -0.05) is 28.3 Å². The van der Waals surface area contributed by atoms with Gasteiger partial charge in [-0.25, -0.2) is 4.39 Å². The van der Waals surface area contributed by atoms with Crippen molar-refractivity contribution in [3.8, 4) is 0 Å². The van der Waals surface area contributed by atoms with Gasteiger partial charge in [-0.05, 0) is 17.7 Å². The van der Waals surface area contributed by atoms with E-state index in [4.69, 9.17) is 28.7 Å². The molecule has 1 aromatic rings. The first-order valence-electron chi connectivity index (χ1n) is 2.85. The predicted octanol–water partition coefficient (Wildman–Crippen LogP) is 4.07. The van der Waals surface area contributed by atoms with Crippen LogP contribution in [0.2, 0.25) is 10.0 Å². The third-order valence-electron chi connectivity index (χ3n) is 1.16. The van der Waals surface area contributed by atoms with Gasteiger partial charge in [0.1, 0.15) is 5.82 Å². The maximum absolute atomic E-state index is 12.8. The second kappa shape index (κ2) is 3.63. The van der Waals surface area contributed by atoms with E-state index in [-0.39, 0.29) is 15.7 Å². The Kier molecular flexibility index (Phi) is 2.76. The Labute approximate surface area is 77.3 Å². The summed E-state index contributed by atoms with van der Waals surface area (Å²) in [5, 5.41) is 3.13. The molecule has 0 aliphatic rings. The first-order valence-corrected chi connectivity index (χ1v) is 3.61. The second-order valence-corrected chi connectivity index (χ2v) is 2.67. The van der Waals surface area contributed by atoms with Crippen LogP contribution in [-0.4, -0.2) is 0 Å². The average Bonchev–Trinajstić information content (AvgIpc) is 2.06. The molecule has 12 heavy (non-hydrogen) atoms. The Morgan fingerprint density at radius 1 is 1.42 bits per heavy atom. The molecule has 3 nitrogen and oxygen atoms in total. The number of nitrogens with zero attached hydrogens (tertiary/aromatic N) is 3. The summed E-state index contributed by atoms with van der Waals surface area (Å²) in [5.74, 6) is -0.692. The molecule has 0 amide bonds. The molecule has 0 bridgehead atoms. The summed E-state index contributed by atoms with van der Waals surface area (Å²) < 4.78 is 12.8. The fraction of sp³-hybridized carbons (Fsp3) is 0. The van der Waals surface area contributed by atoms with Crippen LogP contribution in [0.25, 0.3) is 10.4 Å². The molecule has 0 fully saturated rings. The molecule has 0 heterocycles. The molecule has 0 saturated carbocycles. The Balaban J connectivity index is 3.42. The molecule has 0 unspecified atom stereocenters. The largest absolute Gasteiger partial charge is 0.206 e. The predicted molar refractivity (Wildman–Crippen MR) is 45.2 cm³/mol. The third kappa shape index (κ3) is 1.61. The number of hydrogen-bond acceptors (Lipinski definition) is 1. The van der Waals surface area contributed by atoms with Gasteiger partial charge in [-0.15, -0.1) is 0 Å². The summed E-state index contributed by atoms with van der Waals surface area (Å²) >= 11 is 11.1. The van der Waals surface area contributed by atoms with Crippen LogP contribution in [0, 0.1) is 5.82 Å². The first-order chi connectivity index (χ1) is 5.66. The van der Waals surface area contributed by atoms with E-state index in [1.165, 1.54) is 6.07 Å². The van der Waals surface area contributed by atoms with Gasteiger partial charge in [0.2, 0.25) is 0 Å². The van der Waals surface area contributed by atoms with Crippen molar-refractivity contribution in [3.63, 3.8) is 0 Å². The van der Waals surface area contributed by atoms with Gasteiger partial charge in [-0.2, -0.15) is 0 Å². The van der Waals surface area contributed by atoms with Gasteiger partial charge in [-0.3, -0.25) is 0 Å². The van der Waals surface area contributed by atoms with Gasteiger partial charge in [0.25, 0.3) is 0 Å². The Morgan fingerprint density at radius 3 is 2.67 bits per heavy atom. The van der Waals surface area contributed by atoms with E-state index in [0.29, 0.717) is 0 Å². The minimum Gasteiger partial charge on any atom is -0.206 e. The lowest BCUT2D eigenvalue weighted by Crippen LogP contribution is -1.76. The van der Waals surface area contributed by atoms with Crippen molar-refractivity contribution >= 4 is 28.9 Å². The molecule has 0 aliphatic heterocycles. The summed E-state index contributed by atoms with van der Waals surface area (Å²) in [7, 11) is 0. The van der Waals surface area contributed by atoms with Gasteiger partial charge < -0.3 is 0 Å². The lowest BCUT2D eigenvalue weighted by atomic mass is 10.3. The minimum absolute atomic E-state index is 0.0746. The second-order valence-electron chi connectivity index (χ2n) is 1.88. The van der Waals surface area contributed by atoms with Crippen LogP contribution in [0.15, 0.2) is 17.2 Å². The van der Waals surface area contributed by atoms with Crippen molar-refractivity contribution in [2.75, 3.05) is 0 Å². The van der Waals surface area contributed by atoms with Gasteiger partial charge in [0.15, 0.2) is 0 Å². The molecule has 0 spiro atoms. The van der Waals surface area contributed by atoms with Crippen LogP contribution < -0.4 is 0 Å². The lowest BCUT2D eigenvalue weighted by molar-refractivity contribution is 0.629. The van der Waals surface area contributed by atoms with Gasteiger partial charge in [0.05, 0.1) is 15.7 Å². The van der Waals surface area contributed by atoms with Crippen LogP contribution >= 0.6 is 23.2 Å². The highest BCUT2D eigenvalue weighted by Gasteiger charge is 2.08. The molecular formula is C6H2Cl2FN3. The maximum Gasteiger partial charge on any atom is 0.134 e. The van der Waals surface area contributed by atoms with Crippen molar-refractivity contribution in [1.29, 1.82) is 0 Å². The smallest absolute Gasteiger partial charge is 0.134 e. The highest BCUT2D eigenvalue weighted by molar-refractivity contribution is 6.43. The zero-order chi connectivity index (χ0) is 9.14. The van der Waals surface area contributed by atoms with Crippen molar-refractivity contribution in [2.45, 2.75) is 0 Å². The Hall–Kier alpha value is -0.960. The standard InChI is InChI=1S/C6H2Cl2FN3/c7-3-1-2-4(9)6(5(3)8)11-12-10/h1-2H. The highest BCUT2D eigenvalue weighted by atomic mass is 35.5.